The number of aromatic nitrogens is 2. The molecule has 0 unspecified atom stereocenters. The van der Waals surface area contributed by atoms with Crippen LogP contribution in [0.1, 0.15) is 32.7 Å². The molecule has 0 radical (unpaired) electrons. The van der Waals surface area contributed by atoms with E-state index in [1.54, 1.807) is 60.5 Å². The van der Waals surface area contributed by atoms with Crippen molar-refractivity contribution in [2.45, 2.75) is 32.7 Å². The van der Waals surface area contributed by atoms with E-state index in [1.807, 2.05) is 13.8 Å². The van der Waals surface area contributed by atoms with E-state index in [2.05, 4.69) is 0 Å². The standard InChI is InChI=1S/C22H24ClN3O3/c1-4-14-24(3)21(28)17(5-2)25-18-12-8-6-10-15(18)20(27)26(22(25)29)19-13-9-7-11-16(19)23/h6-13,17H,4-5,14H2,1-3H3/t17-/m1/s1. The van der Waals surface area contributed by atoms with Gasteiger partial charge in [0.1, 0.15) is 6.04 Å². The van der Waals surface area contributed by atoms with Crippen LogP contribution >= 0.6 is 11.6 Å². The first-order valence-corrected chi connectivity index (χ1v) is 10.1. The average molecular weight is 414 g/mol. The lowest BCUT2D eigenvalue weighted by Crippen LogP contribution is -2.45. The zero-order chi connectivity index (χ0) is 21.1. The SMILES string of the molecule is CCCN(C)C(=O)[C@@H](CC)n1c(=O)n(-c2ccccc2Cl)c(=O)c2ccccc21. The fourth-order valence-corrected chi connectivity index (χ4v) is 3.82. The first-order valence-electron chi connectivity index (χ1n) is 9.68. The van der Waals surface area contributed by atoms with Gasteiger partial charge in [0, 0.05) is 13.6 Å². The number of para-hydroxylation sites is 2. The summed E-state index contributed by atoms with van der Waals surface area (Å²) >= 11 is 6.29. The predicted molar refractivity (Wildman–Crippen MR) is 116 cm³/mol. The second-order valence-corrected chi connectivity index (χ2v) is 7.35. The van der Waals surface area contributed by atoms with Gasteiger partial charge in [-0.05, 0) is 37.1 Å². The maximum absolute atomic E-state index is 13.5. The van der Waals surface area contributed by atoms with Gasteiger partial charge < -0.3 is 4.90 Å². The summed E-state index contributed by atoms with van der Waals surface area (Å²) in [6.07, 6.45) is 1.23. The summed E-state index contributed by atoms with van der Waals surface area (Å²) in [7, 11) is 1.73. The summed E-state index contributed by atoms with van der Waals surface area (Å²) in [6.45, 7) is 4.44. The maximum atomic E-state index is 13.5. The molecule has 0 N–H and O–H groups in total. The lowest BCUT2D eigenvalue weighted by Gasteiger charge is -2.26. The van der Waals surface area contributed by atoms with Gasteiger partial charge >= 0.3 is 5.69 Å². The topological polar surface area (TPSA) is 64.3 Å². The fourth-order valence-electron chi connectivity index (χ4n) is 3.60. The Hall–Kier alpha value is -2.86. The third kappa shape index (κ3) is 3.72. The second-order valence-electron chi connectivity index (χ2n) is 6.95. The number of benzene rings is 2. The van der Waals surface area contributed by atoms with Crippen LogP contribution in [-0.4, -0.2) is 33.5 Å². The molecule has 3 rings (SSSR count). The van der Waals surface area contributed by atoms with E-state index in [4.69, 9.17) is 11.6 Å². The van der Waals surface area contributed by atoms with E-state index < -0.39 is 17.3 Å². The molecule has 7 heteroatoms. The highest BCUT2D eigenvalue weighted by molar-refractivity contribution is 6.32. The summed E-state index contributed by atoms with van der Waals surface area (Å²) in [4.78, 5) is 41.4. The Morgan fingerprint density at radius 2 is 1.72 bits per heavy atom. The van der Waals surface area contributed by atoms with Crippen LogP contribution in [-0.2, 0) is 4.79 Å². The number of hydrogen-bond acceptors (Lipinski definition) is 3. The van der Waals surface area contributed by atoms with Crippen molar-refractivity contribution in [3.63, 3.8) is 0 Å². The lowest BCUT2D eigenvalue weighted by atomic mass is 10.1. The Morgan fingerprint density at radius 3 is 2.38 bits per heavy atom. The largest absolute Gasteiger partial charge is 0.344 e. The molecule has 0 saturated heterocycles. The molecule has 0 bridgehead atoms. The zero-order valence-electron chi connectivity index (χ0n) is 16.8. The van der Waals surface area contributed by atoms with Crippen molar-refractivity contribution in [3.05, 3.63) is 74.4 Å². The Bertz CT molecular complexity index is 1170. The highest BCUT2D eigenvalue weighted by Crippen LogP contribution is 2.21. The number of rotatable bonds is 6. The molecular formula is C22H24ClN3O3. The van der Waals surface area contributed by atoms with Gasteiger partial charge in [0.25, 0.3) is 5.56 Å². The van der Waals surface area contributed by atoms with Crippen LogP contribution in [0, 0.1) is 0 Å². The number of halogens is 1. The number of likely N-dealkylation sites (N-methyl/N-ethyl adjacent to an activating group) is 1. The minimum atomic E-state index is -0.724. The number of fused-ring (bicyclic) bond motifs is 1. The molecule has 1 heterocycles. The lowest BCUT2D eigenvalue weighted by molar-refractivity contribution is -0.133. The van der Waals surface area contributed by atoms with Crippen LogP contribution in [0.15, 0.2) is 58.1 Å². The molecule has 3 aromatic rings. The normalized spacial score (nSPS) is 12.1. The number of carbonyl (C=O) groups is 1. The average Bonchev–Trinajstić information content (AvgIpc) is 2.72. The smallest absolute Gasteiger partial charge is 0.336 e. The maximum Gasteiger partial charge on any atom is 0.336 e. The molecule has 29 heavy (non-hydrogen) atoms. The monoisotopic (exact) mass is 413 g/mol. The van der Waals surface area contributed by atoms with Gasteiger partial charge in [-0.3, -0.25) is 14.2 Å². The highest BCUT2D eigenvalue weighted by atomic mass is 35.5. The molecule has 1 amide bonds. The predicted octanol–water partition coefficient (Wildman–Crippen LogP) is 3.63. The molecule has 0 spiro atoms. The number of carbonyl (C=O) groups excluding carboxylic acids is 1. The van der Waals surface area contributed by atoms with Crippen LogP contribution < -0.4 is 11.2 Å². The quantitative estimate of drug-likeness (QED) is 0.619. The summed E-state index contributed by atoms with van der Waals surface area (Å²) in [5.74, 6) is -0.161. The molecule has 1 aromatic heterocycles. The van der Waals surface area contributed by atoms with Gasteiger partial charge in [-0.2, -0.15) is 0 Å². The van der Waals surface area contributed by atoms with Crippen LogP contribution in [0.3, 0.4) is 0 Å². The van der Waals surface area contributed by atoms with Crippen LogP contribution in [0.4, 0.5) is 0 Å². The Labute approximate surface area is 173 Å². The first-order chi connectivity index (χ1) is 13.9. The number of hydrogen-bond donors (Lipinski definition) is 0. The van der Waals surface area contributed by atoms with E-state index in [9.17, 15) is 14.4 Å². The van der Waals surface area contributed by atoms with Crippen molar-refractivity contribution >= 4 is 28.4 Å². The molecule has 0 saturated carbocycles. The van der Waals surface area contributed by atoms with Crippen molar-refractivity contribution in [2.75, 3.05) is 13.6 Å². The van der Waals surface area contributed by atoms with Crippen molar-refractivity contribution < 1.29 is 4.79 Å². The van der Waals surface area contributed by atoms with Crippen molar-refractivity contribution in [1.82, 2.24) is 14.0 Å². The van der Waals surface area contributed by atoms with E-state index in [1.165, 1.54) is 4.57 Å². The molecule has 6 nitrogen and oxygen atoms in total. The van der Waals surface area contributed by atoms with Crippen LogP contribution in [0.25, 0.3) is 16.6 Å². The van der Waals surface area contributed by atoms with Crippen LogP contribution in [0.5, 0.6) is 0 Å². The minimum absolute atomic E-state index is 0.161. The first kappa shape index (κ1) is 20.9. The van der Waals surface area contributed by atoms with E-state index >= 15 is 0 Å². The van der Waals surface area contributed by atoms with Gasteiger partial charge in [-0.1, -0.05) is 49.7 Å². The van der Waals surface area contributed by atoms with Gasteiger partial charge in [-0.25, -0.2) is 9.36 Å². The molecule has 1 atom stereocenters. The number of nitrogens with zero attached hydrogens (tertiary/aromatic N) is 3. The Balaban J connectivity index is 2.38. The van der Waals surface area contributed by atoms with Crippen molar-refractivity contribution in [1.29, 1.82) is 0 Å². The summed E-state index contributed by atoms with van der Waals surface area (Å²) < 4.78 is 2.48. The van der Waals surface area contributed by atoms with E-state index in [0.717, 1.165) is 11.0 Å². The van der Waals surface area contributed by atoms with Gasteiger partial charge in [0.2, 0.25) is 5.91 Å². The summed E-state index contributed by atoms with van der Waals surface area (Å²) in [6, 6.07) is 12.8. The molecule has 0 aliphatic rings. The van der Waals surface area contributed by atoms with Crippen LogP contribution in [0.2, 0.25) is 5.02 Å². The Morgan fingerprint density at radius 1 is 1.07 bits per heavy atom. The third-order valence-electron chi connectivity index (χ3n) is 5.01. The molecular weight excluding hydrogens is 390 g/mol. The van der Waals surface area contributed by atoms with E-state index in [-0.39, 0.29) is 10.9 Å². The van der Waals surface area contributed by atoms with Crippen molar-refractivity contribution in [2.24, 2.45) is 0 Å². The second kappa shape index (κ2) is 8.66. The fraction of sp³-hybridized carbons (Fsp3) is 0.318. The molecule has 152 valence electrons. The molecule has 0 aliphatic carbocycles. The third-order valence-corrected chi connectivity index (χ3v) is 5.33. The molecule has 0 fully saturated rings. The summed E-state index contributed by atoms with van der Waals surface area (Å²) in [5, 5.41) is 0.646. The molecule has 0 aliphatic heterocycles. The Kier molecular flexibility index (Phi) is 6.23. The van der Waals surface area contributed by atoms with E-state index in [0.29, 0.717) is 29.6 Å². The highest BCUT2D eigenvalue weighted by Gasteiger charge is 2.27. The van der Waals surface area contributed by atoms with Gasteiger partial charge in [0.05, 0.1) is 21.6 Å². The number of amides is 1. The molecule has 2 aromatic carbocycles. The minimum Gasteiger partial charge on any atom is -0.344 e. The van der Waals surface area contributed by atoms with Gasteiger partial charge in [-0.15, -0.1) is 0 Å². The van der Waals surface area contributed by atoms with Gasteiger partial charge in [0.15, 0.2) is 0 Å². The zero-order valence-corrected chi connectivity index (χ0v) is 17.5. The van der Waals surface area contributed by atoms with Crippen molar-refractivity contribution in [3.8, 4) is 5.69 Å². The summed E-state index contributed by atoms with van der Waals surface area (Å²) in [5.41, 5.74) is -0.296.